The Morgan fingerprint density at radius 2 is 1.74 bits per heavy atom. The van der Waals surface area contributed by atoms with Crippen LogP contribution in [0.4, 0.5) is 5.69 Å². The first-order valence-electron chi connectivity index (χ1n) is 10.9. The van der Waals surface area contributed by atoms with Crippen LogP contribution < -0.4 is 4.90 Å². The molecule has 3 fully saturated rings. The lowest BCUT2D eigenvalue weighted by molar-refractivity contribution is 0.0324. The Morgan fingerprint density at radius 1 is 1.00 bits per heavy atom. The van der Waals surface area contributed by atoms with Gasteiger partial charge in [-0.25, -0.2) is 0 Å². The van der Waals surface area contributed by atoms with Crippen molar-refractivity contribution in [2.24, 2.45) is 5.92 Å². The predicted molar refractivity (Wildman–Crippen MR) is 110 cm³/mol. The third-order valence-corrected chi connectivity index (χ3v) is 7.75. The van der Waals surface area contributed by atoms with E-state index in [1.165, 1.54) is 89.3 Å². The molecule has 0 saturated carbocycles. The minimum Gasteiger partial charge on any atom is -0.372 e. The van der Waals surface area contributed by atoms with Gasteiger partial charge < -0.3 is 19.6 Å². The summed E-state index contributed by atoms with van der Waals surface area (Å²) < 4.78 is 0. The molecule has 3 saturated heterocycles. The molecule has 5 nitrogen and oxygen atoms in total. The molecular formula is C22H35N5. The highest BCUT2D eigenvalue weighted by Crippen LogP contribution is 2.45. The number of anilines is 1. The number of pyridine rings is 1. The Balaban J connectivity index is 1.11. The zero-order valence-corrected chi connectivity index (χ0v) is 17.1. The quantitative estimate of drug-likeness (QED) is 0.811. The van der Waals surface area contributed by atoms with E-state index in [1.54, 1.807) is 0 Å². The number of aromatic nitrogens is 1. The fourth-order valence-electron chi connectivity index (χ4n) is 6.20. The van der Waals surface area contributed by atoms with Crippen molar-refractivity contribution in [3.63, 3.8) is 0 Å². The van der Waals surface area contributed by atoms with Gasteiger partial charge in [0.25, 0.3) is 0 Å². The second kappa shape index (κ2) is 7.02. The van der Waals surface area contributed by atoms with Gasteiger partial charge in [-0.15, -0.1) is 0 Å². The summed E-state index contributed by atoms with van der Waals surface area (Å²) >= 11 is 0. The molecule has 0 radical (unpaired) electrons. The van der Waals surface area contributed by atoms with Crippen LogP contribution in [-0.4, -0.2) is 92.2 Å². The van der Waals surface area contributed by atoms with Crippen LogP contribution in [0.1, 0.15) is 31.2 Å². The van der Waals surface area contributed by atoms with Crippen molar-refractivity contribution in [1.82, 2.24) is 19.7 Å². The fraction of sp³-hybridized carbons (Fsp3) is 0.773. The van der Waals surface area contributed by atoms with Crippen molar-refractivity contribution in [1.29, 1.82) is 0 Å². The van der Waals surface area contributed by atoms with E-state index in [9.17, 15) is 0 Å². The largest absolute Gasteiger partial charge is 0.372 e. The summed E-state index contributed by atoms with van der Waals surface area (Å²) in [5.74, 6) is 0.904. The first-order chi connectivity index (χ1) is 13.1. The zero-order valence-electron chi connectivity index (χ0n) is 17.1. The van der Waals surface area contributed by atoms with Gasteiger partial charge in [-0.3, -0.25) is 4.98 Å². The first kappa shape index (κ1) is 17.9. The standard InChI is InChI=1S/C22H35N5/c1-24-9-6-19(7-10-24)27-11-4-18(5-12-27)14-26-16-22(17-26)15-25(2)21-13-23-8-3-20(21)22/h3,8,13,18-19H,4-7,9-12,14-17H2,1-2H3. The number of likely N-dealkylation sites (tertiary alicyclic amines) is 3. The molecule has 0 aromatic carbocycles. The number of rotatable bonds is 3. The number of nitrogens with zero attached hydrogens (tertiary/aromatic N) is 5. The summed E-state index contributed by atoms with van der Waals surface area (Å²) in [5.41, 5.74) is 3.26. The second-order valence-electron chi connectivity index (χ2n) is 9.71. The van der Waals surface area contributed by atoms with Gasteiger partial charge in [-0.05, 0) is 76.5 Å². The zero-order chi connectivity index (χ0) is 18.4. The van der Waals surface area contributed by atoms with Gasteiger partial charge in [0.1, 0.15) is 0 Å². The van der Waals surface area contributed by atoms with Crippen LogP contribution in [0.2, 0.25) is 0 Å². The predicted octanol–water partition coefficient (Wildman–Crippen LogP) is 1.89. The molecule has 0 atom stereocenters. The first-order valence-corrected chi connectivity index (χ1v) is 10.9. The summed E-state index contributed by atoms with van der Waals surface area (Å²) in [7, 11) is 4.48. The van der Waals surface area contributed by atoms with Crippen molar-refractivity contribution in [2.75, 3.05) is 71.4 Å². The van der Waals surface area contributed by atoms with Crippen molar-refractivity contribution in [3.8, 4) is 0 Å². The minimum atomic E-state index is 0.377. The summed E-state index contributed by atoms with van der Waals surface area (Å²) in [6, 6.07) is 3.12. The molecule has 0 amide bonds. The average Bonchev–Trinajstić information content (AvgIpc) is 2.96. The van der Waals surface area contributed by atoms with Crippen LogP contribution in [0.5, 0.6) is 0 Å². The molecule has 0 N–H and O–H groups in total. The van der Waals surface area contributed by atoms with Gasteiger partial charge in [-0.1, -0.05) is 0 Å². The van der Waals surface area contributed by atoms with E-state index in [1.807, 2.05) is 12.4 Å². The number of hydrogen-bond acceptors (Lipinski definition) is 5. The van der Waals surface area contributed by atoms with Gasteiger partial charge in [0.15, 0.2) is 0 Å². The second-order valence-corrected chi connectivity index (χ2v) is 9.71. The molecule has 0 bridgehead atoms. The maximum absolute atomic E-state index is 4.33. The Kier molecular flexibility index (Phi) is 4.65. The molecule has 1 spiro atoms. The molecule has 1 aromatic rings. The van der Waals surface area contributed by atoms with Crippen LogP contribution in [0.25, 0.3) is 0 Å². The molecule has 1 aromatic heterocycles. The average molecular weight is 370 g/mol. The molecule has 27 heavy (non-hydrogen) atoms. The highest BCUT2D eigenvalue weighted by molar-refractivity contribution is 5.62. The fourth-order valence-corrected chi connectivity index (χ4v) is 6.20. The highest BCUT2D eigenvalue weighted by atomic mass is 15.3. The molecule has 148 valence electrons. The molecule has 0 unspecified atom stereocenters. The van der Waals surface area contributed by atoms with E-state index in [0.717, 1.165) is 12.0 Å². The molecule has 0 aliphatic carbocycles. The van der Waals surface area contributed by atoms with Gasteiger partial charge in [0.05, 0.1) is 11.9 Å². The van der Waals surface area contributed by atoms with E-state index < -0.39 is 0 Å². The number of fused-ring (bicyclic) bond motifs is 2. The molecule has 5 heteroatoms. The highest BCUT2D eigenvalue weighted by Gasteiger charge is 2.50. The Morgan fingerprint density at radius 3 is 2.48 bits per heavy atom. The van der Waals surface area contributed by atoms with Crippen LogP contribution in [0.15, 0.2) is 18.5 Å². The monoisotopic (exact) mass is 369 g/mol. The van der Waals surface area contributed by atoms with E-state index in [0.29, 0.717) is 5.41 Å². The lowest BCUT2D eigenvalue weighted by Crippen LogP contribution is -2.62. The van der Waals surface area contributed by atoms with E-state index in [-0.39, 0.29) is 0 Å². The molecule has 5 heterocycles. The minimum absolute atomic E-state index is 0.377. The lowest BCUT2D eigenvalue weighted by atomic mass is 9.75. The van der Waals surface area contributed by atoms with Crippen LogP contribution in [0.3, 0.4) is 0 Å². The number of hydrogen-bond donors (Lipinski definition) is 0. The summed E-state index contributed by atoms with van der Waals surface area (Å²) in [4.78, 5) is 14.7. The molecule has 4 aliphatic heterocycles. The third kappa shape index (κ3) is 3.28. The Hall–Kier alpha value is -1.17. The van der Waals surface area contributed by atoms with E-state index >= 15 is 0 Å². The molecule has 5 rings (SSSR count). The van der Waals surface area contributed by atoms with Crippen molar-refractivity contribution in [3.05, 3.63) is 24.0 Å². The third-order valence-electron chi connectivity index (χ3n) is 7.75. The smallest absolute Gasteiger partial charge is 0.0590 e. The van der Waals surface area contributed by atoms with Gasteiger partial charge in [0, 0.05) is 50.9 Å². The van der Waals surface area contributed by atoms with Gasteiger partial charge in [0.2, 0.25) is 0 Å². The summed E-state index contributed by atoms with van der Waals surface area (Å²) in [5, 5.41) is 0. The normalized spacial score (nSPS) is 27.9. The Labute approximate surface area is 164 Å². The SMILES string of the molecule is CN1CCC(N2CCC(CN3CC4(C3)CN(C)c3cnccc34)CC2)CC1. The van der Waals surface area contributed by atoms with Crippen LogP contribution in [-0.2, 0) is 5.41 Å². The van der Waals surface area contributed by atoms with E-state index in [4.69, 9.17) is 0 Å². The maximum atomic E-state index is 4.33. The topological polar surface area (TPSA) is 25.9 Å². The van der Waals surface area contributed by atoms with Gasteiger partial charge >= 0.3 is 0 Å². The molecule has 4 aliphatic rings. The molecular weight excluding hydrogens is 334 g/mol. The number of piperidine rings is 2. The van der Waals surface area contributed by atoms with Crippen LogP contribution in [0, 0.1) is 5.92 Å². The summed E-state index contributed by atoms with van der Waals surface area (Å²) in [6.45, 7) is 10.2. The summed E-state index contributed by atoms with van der Waals surface area (Å²) in [6.07, 6.45) is 9.56. The van der Waals surface area contributed by atoms with Crippen molar-refractivity contribution >= 4 is 5.69 Å². The van der Waals surface area contributed by atoms with E-state index in [2.05, 4.69) is 44.7 Å². The van der Waals surface area contributed by atoms with Crippen molar-refractivity contribution < 1.29 is 0 Å². The maximum Gasteiger partial charge on any atom is 0.0590 e. The van der Waals surface area contributed by atoms with Gasteiger partial charge in [-0.2, -0.15) is 0 Å². The van der Waals surface area contributed by atoms with Crippen LogP contribution >= 0.6 is 0 Å². The van der Waals surface area contributed by atoms with Crippen molar-refractivity contribution in [2.45, 2.75) is 37.1 Å². The lowest BCUT2D eigenvalue weighted by Gasteiger charge is -2.50. The Bertz CT molecular complexity index is 654. The number of likely N-dealkylation sites (N-methyl/N-ethyl adjacent to an activating group) is 1.